The summed E-state index contributed by atoms with van der Waals surface area (Å²) in [4.78, 5) is 4.28. The van der Waals surface area contributed by atoms with Crippen molar-refractivity contribution in [3.63, 3.8) is 0 Å². The summed E-state index contributed by atoms with van der Waals surface area (Å²) < 4.78 is 38.3. The highest BCUT2D eigenvalue weighted by Gasteiger charge is 2.19. The highest BCUT2D eigenvalue weighted by molar-refractivity contribution is 7.90. The van der Waals surface area contributed by atoms with Crippen LogP contribution in [0.1, 0.15) is 24.4 Å². The van der Waals surface area contributed by atoms with E-state index in [0.717, 1.165) is 0 Å². The summed E-state index contributed by atoms with van der Waals surface area (Å²) >= 11 is 5.87. The van der Waals surface area contributed by atoms with Crippen LogP contribution in [0.5, 0.6) is 0 Å². The monoisotopic (exact) mass is 318 g/mol. The number of imidazole rings is 1. The van der Waals surface area contributed by atoms with E-state index in [0.29, 0.717) is 22.4 Å². The maximum absolute atomic E-state index is 13.6. The van der Waals surface area contributed by atoms with Gasteiger partial charge in [0.2, 0.25) is 0 Å². The molecule has 7 heteroatoms. The van der Waals surface area contributed by atoms with E-state index in [4.69, 9.17) is 11.6 Å². The van der Waals surface area contributed by atoms with Gasteiger partial charge < -0.3 is 4.57 Å². The minimum Gasteiger partial charge on any atom is -0.323 e. The van der Waals surface area contributed by atoms with Gasteiger partial charge in [0.05, 0.1) is 22.7 Å². The summed E-state index contributed by atoms with van der Waals surface area (Å²) in [6, 6.07) is 2.71. The van der Waals surface area contributed by atoms with E-state index in [9.17, 15) is 12.8 Å². The van der Waals surface area contributed by atoms with Crippen LogP contribution in [-0.2, 0) is 15.7 Å². The molecule has 4 nitrogen and oxygen atoms in total. The predicted molar refractivity (Wildman–Crippen MR) is 78.4 cm³/mol. The zero-order valence-corrected chi connectivity index (χ0v) is 13.1. The standard InChI is InChI=1S/C13H16ClFN2O2S/c1-8-4-12-11(5-10(8)15)16-13(6-14)17(12)9(2)7-20(3,18)19/h4-5,9H,6-7H2,1-3H3. The fraction of sp³-hybridized carbons (Fsp3) is 0.462. The molecule has 0 fully saturated rings. The van der Waals surface area contributed by atoms with E-state index in [2.05, 4.69) is 4.98 Å². The van der Waals surface area contributed by atoms with Gasteiger partial charge in [-0.1, -0.05) is 0 Å². The minimum atomic E-state index is -3.13. The first kappa shape index (κ1) is 15.3. The largest absolute Gasteiger partial charge is 0.323 e. The smallest absolute Gasteiger partial charge is 0.149 e. The van der Waals surface area contributed by atoms with Crippen LogP contribution in [-0.4, -0.2) is 30.0 Å². The van der Waals surface area contributed by atoms with Crippen LogP contribution in [0.4, 0.5) is 4.39 Å². The van der Waals surface area contributed by atoms with Crippen molar-refractivity contribution in [2.45, 2.75) is 25.8 Å². The number of nitrogens with zero attached hydrogens (tertiary/aromatic N) is 2. The number of alkyl halides is 1. The van der Waals surface area contributed by atoms with E-state index in [1.54, 1.807) is 24.5 Å². The summed E-state index contributed by atoms with van der Waals surface area (Å²) in [5.41, 5.74) is 1.69. The van der Waals surface area contributed by atoms with E-state index in [-0.39, 0.29) is 23.5 Å². The Morgan fingerprint density at radius 3 is 2.65 bits per heavy atom. The predicted octanol–water partition coefficient (Wildman–Crippen LogP) is 2.83. The molecule has 0 N–H and O–H groups in total. The summed E-state index contributed by atoms with van der Waals surface area (Å²) in [7, 11) is -3.13. The summed E-state index contributed by atoms with van der Waals surface area (Å²) in [5, 5.41) is 0. The molecule has 0 amide bonds. The van der Waals surface area contributed by atoms with Crippen molar-refractivity contribution < 1.29 is 12.8 Å². The van der Waals surface area contributed by atoms with Crippen molar-refractivity contribution in [1.82, 2.24) is 9.55 Å². The first-order valence-corrected chi connectivity index (χ1v) is 8.73. The van der Waals surface area contributed by atoms with Gasteiger partial charge in [-0.3, -0.25) is 0 Å². The number of fused-ring (bicyclic) bond motifs is 1. The zero-order chi connectivity index (χ0) is 15.1. The van der Waals surface area contributed by atoms with Gasteiger partial charge in [0, 0.05) is 18.4 Å². The average molecular weight is 319 g/mol. The van der Waals surface area contributed by atoms with Gasteiger partial charge in [-0.2, -0.15) is 0 Å². The molecule has 0 aliphatic carbocycles. The van der Waals surface area contributed by atoms with Crippen molar-refractivity contribution >= 4 is 32.5 Å². The summed E-state index contributed by atoms with van der Waals surface area (Å²) in [6.07, 6.45) is 1.19. The average Bonchev–Trinajstić information content (AvgIpc) is 2.65. The third-order valence-electron chi connectivity index (χ3n) is 3.15. The van der Waals surface area contributed by atoms with Crippen LogP contribution in [0, 0.1) is 12.7 Å². The molecule has 1 unspecified atom stereocenters. The maximum atomic E-state index is 13.6. The van der Waals surface area contributed by atoms with Crippen LogP contribution >= 0.6 is 11.6 Å². The van der Waals surface area contributed by atoms with E-state index < -0.39 is 9.84 Å². The maximum Gasteiger partial charge on any atom is 0.149 e. The second kappa shape index (κ2) is 5.33. The zero-order valence-electron chi connectivity index (χ0n) is 11.5. The molecule has 2 rings (SSSR count). The number of sulfone groups is 1. The number of aryl methyl sites for hydroxylation is 1. The molecule has 0 aliphatic heterocycles. The molecule has 0 bridgehead atoms. The molecular weight excluding hydrogens is 303 g/mol. The molecule has 1 aromatic carbocycles. The molecular formula is C13H16ClFN2O2S. The molecule has 0 saturated heterocycles. The number of hydrogen-bond acceptors (Lipinski definition) is 3. The van der Waals surface area contributed by atoms with Gasteiger partial charge in [-0.25, -0.2) is 17.8 Å². The third-order valence-corrected chi connectivity index (χ3v) is 4.47. The first-order chi connectivity index (χ1) is 9.23. The quantitative estimate of drug-likeness (QED) is 0.815. The lowest BCUT2D eigenvalue weighted by atomic mass is 10.2. The van der Waals surface area contributed by atoms with Crippen LogP contribution in [0.15, 0.2) is 12.1 Å². The summed E-state index contributed by atoms with van der Waals surface area (Å²) in [6.45, 7) is 3.45. The SMILES string of the molecule is Cc1cc2c(cc1F)nc(CCl)n2C(C)CS(C)(=O)=O. The lowest BCUT2D eigenvalue weighted by Crippen LogP contribution is -2.18. The molecule has 20 heavy (non-hydrogen) atoms. The summed E-state index contributed by atoms with van der Waals surface area (Å²) in [5.74, 6) is 0.337. The Kier molecular flexibility index (Phi) is 4.07. The Bertz CT molecular complexity index is 755. The van der Waals surface area contributed by atoms with E-state index in [1.807, 2.05) is 0 Å². The van der Waals surface area contributed by atoms with Crippen molar-refractivity contribution in [2.75, 3.05) is 12.0 Å². The number of rotatable bonds is 4. The minimum absolute atomic E-state index is 0.0151. The topological polar surface area (TPSA) is 52.0 Å². The van der Waals surface area contributed by atoms with Crippen LogP contribution in [0.25, 0.3) is 11.0 Å². The van der Waals surface area contributed by atoms with Crippen LogP contribution in [0.2, 0.25) is 0 Å². The molecule has 1 heterocycles. The molecule has 110 valence electrons. The normalized spacial score (nSPS) is 13.8. The van der Waals surface area contributed by atoms with E-state index >= 15 is 0 Å². The molecule has 1 atom stereocenters. The van der Waals surface area contributed by atoms with Crippen LogP contribution < -0.4 is 0 Å². The molecule has 0 saturated carbocycles. The van der Waals surface area contributed by atoms with Gasteiger partial charge >= 0.3 is 0 Å². The highest BCUT2D eigenvalue weighted by atomic mass is 35.5. The van der Waals surface area contributed by atoms with Gasteiger partial charge in [0.1, 0.15) is 21.5 Å². The highest BCUT2D eigenvalue weighted by Crippen LogP contribution is 2.25. The Hall–Kier alpha value is -1.14. The van der Waals surface area contributed by atoms with Crippen LogP contribution in [0.3, 0.4) is 0 Å². The second-order valence-electron chi connectivity index (χ2n) is 5.06. The second-order valence-corrected chi connectivity index (χ2v) is 7.52. The fourth-order valence-electron chi connectivity index (χ4n) is 2.37. The van der Waals surface area contributed by atoms with E-state index in [1.165, 1.54) is 12.3 Å². The molecule has 1 aromatic heterocycles. The van der Waals surface area contributed by atoms with Gasteiger partial charge in [-0.05, 0) is 25.5 Å². The number of halogens is 2. The molecule has 0 spiro atoms. The van der Waals surface area contributed by atoms with Crippen molar-refractivity contribution in [3.05, 3.63) is 29.3 Å². The van der Waals surface area contributed by atoms with Crippen molar-refractivity contribution in [3.8, 4) is 0 Å². The lowest BCUT2D eigenvalue weighted by Gasteiger charge is -2.16. The third kappa shape index (κ3) is 2.96. The number of hydrogen-bond donors (Lipinski definition) is 0. The molecule has 0 radical (unpaired) electrons. The first-order valence-electron chi connectivity index (χ1n) is 6.13. The fourth-order valence-corrected chi connectivity index (χ4v) is 3.58. The molecule has 2 aromatic rings. The van der Waals surface area contributed by atoms with Gasteiger partial charge in [0.25, 0.3) is 0 Å². The number of aromatic nitrogens is 2. The lowest BCUT2D eigenvalue weighted by molar-refractivity contribution is 0.560. The Labute approximate surface area is 122 Å². The molecule has 0 aliphatic rings. The van der Waals surface area contributed by atoms with Gasteiger partial charge in [0.15, 0.2) is 0 Å². The van der Waals surface area contributed by atoms with Crippen molar-refractivity contribution in [1.29, 1.82) is 0 Å². The Morgan fingerprint density at radius 2 is 2.10 bits per heavy atom. The van der Waals surface area contributed by atoms with Gasteiger partial charge in [-0.15, -0.1) is 11.6 Å². The van der Waals surface area contributed by atoms with Crippen molar-refractivity contribution in [2.24, 2.45) is 0 Å². The Morgan fingerprint density at radius 1 is 1.45 bits per heavy atom. The number of benzene rings is 1. The Balaban J connectivity index is 2.63.